The van der Waals surface area contributed by atoms with Crippen molar-refractivity contribution in [2.45, 2.75) is 59.1 Å². The molecule has 2 aliphatic carbocycles. The molecule has 0 saturated heterocycles. The summed E-state index contributed by atoms with van der Waals surface area (Å²) in [5.74, 6) is -0.821. The van der Waals surface area contributed by atoms with Gasteiger partial charge in [0.15, 0.2) is 5.71 Å². The molecule has 3 aliphatic rings. The molecule has 1 unspecified atom stereocenters. The highest BCUT2D eigenvalue weighted by molar-refractivity contribution is 6.43. The molecule has 1 aromatic heterocycles. The monoisotopic (exact) mass is 669 g/mol. The van der Waals surface area contributed by atoms with Crippen LogP contribution in [-0.4, -0.2) is 41.0 Å². The Kier molecular flexibility index (Phi) is 9.84. The van der Waals surface area contributed by atoms with Crippen molar-refractivity contribution in [3.63, 3.8) is 0 Å². The third-order valence-electron chi connectivity index (χ3n) is 8.50. The Balaban J connectivity index is 1.24. The highest BCUT2D eigenvalue weighted by atomic mass is 19.1. The molecule has 0 saturated carbocycles. The number of ether oxygens (including phenoxy) is 2. The molecule has 8 heteroatoms. The second kappa shape index (κ2) is 14.4. The van der Waals surface area contributed by atoms with Gasteiger partial charge in [0.05, 0.1) is 6.04 Å². The summed E-state index contributed by atoms with van der Waals surface area (Å²) in [4.78, 5) is 34.1. The van der Waals surface area contributed by atoms with Gasteiger partial charge < -0.3 is 19.8 Å². The Bertz CT molecular complexity index is 2160. The predicted octanol–water partition coefficient (Wildman–Crippen LogP) is 8.87. The van der Waals surface area contributed by atoms with Crippen molar-refractivity contribution in [2.24, 2.45) is 4.99 Å². The number of benzene rings is 2. The van der Waals surface area contributed by atoms with Gasteiger partial charge in [-0.15, -0.1) is 5.73 Å². The first kappa shape index (κ1) is 34.2. The number of carbonyl (C=O) groups excluding carboxylic acids is 2. The number of nitrogens with zero attached hydrogens (tertiary/aromatic N) is 1. The lowest BCUT2D eigenvalue weighted by Gasteiger charge is -2.24. The number of allylic oxidation sites excluding steroid dienone is 11. The number of nitrogens with one attached hydrogen (secondary N) is 2. The summed E-state index contributed by atoms with van der Waals surface area (Å²) >= 11 is 0. The number of esters is 1. The van der Waals surface area contributed by atoms with Gasteiger partial charge in [-0.25, -0.2) is 19.0 Å². The first-order valence-electron chi connectivity index (χ1n) is 16.6. The van der Waals surface area contributed by atoms with Gasteiger partial charge in [0.1, 0.15) is 18.0 Å². The number of aromatic nitrogens is 1. The molecule has 0 spiro atoms. The third-order valence-corrected chi connectivity index (χ3v) is 8.50. The molecule has 2 heterocycles. The number of halogens is 1. The van der Waals surface area contributed by atoms with Crippen molar-refractivity contribution in [2.75, 3.05) is 6.61 Å². The van der Waals surface area contributed by atoms with Crippen LogP contribution in [0.25, 0.3) is 16.5 Å². The first-order chi connectivity index (χ1) is 23.9. The van der Waals surface area contributed by atoms with E-state index in [0.717, 1.165) is 55.5 Å². The highest BCUT2D eigenvalue weighted by Crippen LogP contribution is 2.35. The van der Waals surface area contributed by atoms with E-state index in [1.807, 2.05) is 79.9 Å². The number of aliphatic imine (C=N–C) groups is 1. The van der Waals surface area contributed by atoms with Crippen LogP contribution < -0.4 is 5.32 Å². The smallest absolute Gasteiger partial charge is 0.408 e. The van der Waals surface area contributed by atoms with Crippen LogP contribution in [0.5, 0.6) is 0 Å². The van der Waals surface area contributed by atoms with Crippen LogP contribution in [0.4, 0.5) is 9.18 Å². The van der Waals surface area contributed by atoms with Crippen LogP contribution in [0, 0.1) is 12.7 Å². The maximum absolute atomic E-state index is 14.2. The van der Waals surface area contributed by atoms with Gasteiger partial charge in [0.2, 0.25) is 0 Å². The van der Waals surface area contributed by atoms with Crippen molar-refractivity contribution in [3.05, 3.63) is 153 Å². The van der Waals surface area contributed by atoms with E-state index in [4.69, 9.17) is 9.47 Å². The zero-order valence-corrected chi connectivity index (χ0v) is 28.9. The minimum absolute atomic E-state index is 0.0760. The molecule has 1 amide bonds. The number of H-pyrrole nitrogens is 1. The van der Waals surface area contributed by atoms with E-state index >= 15 is 0 Å². The molecule has 0 fully saturated rings. The van der Waals surface area contributed by atoms with E-state index in [1.165, 1.54) is 6.07 Å². The number of aryl methyl sites for hydroxylation is 1. The number of carbonyl (C=O) groups is 2. The Morgan fingerprint density at radius 2 is 1.92 bits per heavy atom. The number of alkyl carbamates (subject to hydrolysis) is 1. The molecule has 254 valence electrons. The molecule has 1 aliphatic heterocycles. The average molecular weight is 670 g/mol. The first-order valence-corrected chi connectivity index (χ1v) is 16.6. The largest absolute Gasteiger partial charge is 0.459 e. The lowest BCUT2D eigenvalue weighted by atomic mass is 9.87. The molecule has 1 atom stereocenters. The van der Waals surface area contributed by atoms with Crippen molar-refractivity contribution < 1.29 is 23.5 Å². The molecule has 50 heavy (non-hydrogen) atoms. The summed E-state index contributed by atoms with van der Waals surface area (Å²) in [6, 6.07) is 12.5. The predicted molar refractivity (Wildman–Crippen MR) is 196 cm³/mol. The van der Waals surface area contributed by atoms with Crippen molar-refractivity contribution in [1.82, 2.24) is 10.3 Å². The Labute approximate surface area is 291 Å². The van der Waals surface area contributed by atoms with Gasteiger partial charge in [-0.2, -0.15) is 0 Å². The van der Waals surface area contributed by atoms with E-state index in [2.05, 4.69) is 27.1 Å². The highest BCUT2D eigenvalue weighted by Gasteiger charge is 2.26. The van der Waals surface area contributed by atoms with Gasteiger partial charge in [-0.1, -0.05) is 54.6 Å². The van der Waals surface area contributed by atoms with Crippen molar-refractivity contribution in [1.29, 1.82) is 0 Å². The second-order valence-corrected chi connectivity index (χ2v) is 13.6. The maximum Gasteiger partial charge on any atom is 0.408 e. The molecular weight excluding hydrogens is 629 g/mol. The van der Waals surface area contributed by atoms with Gasteiger partial charge >= 0.3 is 12.1 Å². The van der Waals surface area contributed by atoms with E-state index in [9.17, 15) is 14.0 Å². The normalized spacial score (nSPS) is 16.3. The van der Waals surface area contributed by atoms with E-state index < -0.39 is 23.7 Å². The number of para-hydroxylation sites is 1. The van der Waals surface area contributed by atoms with Gasteiger partial charge in [-0.05, 0) is 116 Å². The SMILES string of the molecule is CC1=C=CC=CC(C2=CC3=CN=C(C(=O)OCC(Cc4c[nH]c5ccccc45)NC(=O)OC(C)(C)C)C(=CC=C2)C3)=C1c1ccc(F)c(C)c1. The van der Waals surface area contributed by atoms with E-state index in [1.54, 1.807) is 40.0 Å². The summed E-state index contributed by atoms with van der Waals surface area (Å²) in [6.07, 6.45) is 17.6. The molecule has 2 aromatic carbocycles. The fourth-order valence-corrected chi connectivity index (χ4v) is 6.20. The third kappa shape index (κ3) is 7.94. The van der Waals surface area contributed by atoms with Crippen LogP contribution in [0.3, 0.4) is 0 Å². The van der Waals surface area contributed by atoms with Gasteiger partial charge in [0.25, 0.3) is 0 Å². The number of hydrogen-bond donors (Lipinski definition) is 2. The molecular formula is C42H40FN3O4. The van der Waals surface area contributed by atoms with Crippen LogP contribution in [-0.2, 0) is 20.7 Å². The average Bonchev–Trinajstić information content (AvgIpc) is 3.36. The fraction of sp³-hybridized carbons (Fsp3) is 0.238. The molecule has 6 rings (SSSR count). The van der Waals surface area contributed by atoms with E-state index in [-0.39, 0.29) is 18.1 Å². The zero-order valence-electron chi connectivity index (χ0n) is 28.9. The summed E-state index contributed by atoms with van der Waals surface area (Å²) in [5.41, 5.74) is 11.8. The summed E-state index contributed by atoms with van der Waals surface area (Å²) in [5, 5.41) is 3.91. The van der Waals surface area contributed by atoms with Gasteiger partial charge in [-0.3, -0.25) is 0 Å². The minimum Gasteiger partial charge on any atom is -0.459 e. The number of hydrogen-bond acceptors (Lipinski definition) is 5. The topological polar surface area (TPSA) is 92.8 Å². The molecule has 2 N–H and O–H groups in total. The zero-order chi connectivity index (χ0) is 35.4. The summed E-state index contributed by atoms with van der Waals surface area (Å²) in [6.45, 7) is 9.07. The molecule has 0 radical (unpaired) electrons. The second-order valence-electron chi connectivity index (χ2n) is 13.6. The number of amides is 1. The quantitative estimate of drug-likeness (QED) is 0.185. The maximum atomic E-state index is 14.2. The molecule has 2 bridgehead atoms. The van der Waals surface area contributed by atoms with Crippen LogP contribution in [0.1, 0.15) is 50.8 Å². The van der Waals surface area contributed by atoms with E-state index in [0.29, 0.717) is 18.4 Å². The number of rotatable bonds is 8. The minimum atomic E-state index is -0.684. The van der Waals surface area contributed by atoms with Crippen LogP contribution in [0.15, 0.2) is 136 Å². The number of fused-ring (bicyclic) bond motifs is 3. The Morgan fingerprint density at radius 1 is 1.10 bits per heavy atom. The standard InChI is InChI=1S/C42H40FN3O4/c1-26-11-6-7-15-35(38(26)30-17-18-36(43)27(2)19-30)29-12-10-13-31-21-28(20-29)23-45-39(31)40(47)49-25-33(46-41(48)50-42(3,4)5)22-32-24-44-37-16-9-8-14-34(32)37/h6-10,12-20,23-24,33,44H,21-22,25H2,1-5H3,(H,46,48). The van der Waals surface area contributed by atoms with Gasteiger partial charge in [0, 0.05) is 35.3 Å². The summed E-state index contributed by atoms with van der Waals surface area (Å²) in [7, 11) is 0. The van der Waals surface area contributed by atoms with Crippen molar-refractivity contribution in [3.8, 4) is 0 Å². The van der Waals surface area contributed by atoms with Crippen molar-refractivity contribution >= 4 is 34.3 Å². The Morgan fingerprint density at radius 3 is 2.72 bits per heavy atom. The summed E-state index contributed by atoms with van der Waals surface area (Å²) < 4.78 is 25.5. The fourth-order valence-electron chi connectivity index (χ4n) is 6.20. The number of aromatic amines is 1. The lowest BCUT2D eigenvalue weighted by Crippen LogP contribution is -2.43. The van der Waals surface area contributed by atoms with Crippen LogP contribution >= 0.6 is 0 Å². The molecule has 3 aromatic rings. The van der Waals surface area contributed by atoms with Crippen LogP contribution in [0.2, 0.25) is 0 Å². The lowest BCUT2D eigenvalue weighted by molar-refractivity contribution is -0.136. The Hall–Kier alpha value is -5.72. The molecule has 7 nitrogen and oxygen atoms in total.